The van der Waals surface area contributed by atoms with Crippen LogP contribution in [0.5, 0.6) is 11.5 Å². The van der Waals surface area contributed by atoms with Crippen LogP contribution in [0.1, 0.15) is 45.1 Å². The minimum absolute atomic E-state index is 0.119. The first-order chi connectivity index (χ1) is 17.0. The molecule has 0 saturated carbocycles. The third kappa shape index (κ3) is 5.02. The van der Waals surface area contributed by atoms with Gasteiger partial charge in [0.1, 0.15) is 11.5 Å². The van der Waals surface area contributed by atoms with Gasteiger partial charge in [-0.15, -0.1) is 0 Å². The van der Waals surface area contributed by atoms with Crippen LogP contribution in [0.15, 0.2) is 66.4 Å². The summed E-state index contributed by atoms with van der Waals surface area (Å²) in [5.41, 5.74) is 5.50. The van der Waals surface area contributed by atoms with Crippen molar-refractivity contribution >= 4 is 11.9 Å². The molecule has 5 rings (SSSR count). The van der Waals surface area contributed by atoms with E-state index in [1.54, 1.807) is 12.1 Å². The number of fused-ring (bicyclic) bond motifs is 1. The van der Waals surface area contributed by atoms with Gasteiger partial charge in [-0.1, -0.05) is 61.5 Å². The molecule has 0 atom stereocenters. The van der Waals surface area contributed by atoms with E-state index < -0.39 is 0 Å². The molecule has 35 heavy (non-hydrogen) atoms. The van der Waals surface area contributed by atoms with Gasteiger partial charge in [0.05, 0.1) is 11.1 Å². The van der Waals surface area contributed by atoms with E-state index in [0.717, 1.165) is 50.3 Å². The first kappa shape index (κ1) is 23.3. The molecule has 180 valence electrons. The molecular weight excluding hydrogens is 436 g/mol. The van der Waals surface area contributed by atoms with Crippen molar-refractivity contribution in [1.29, 1.82) is 0 Å². The van der Waals surface area contributed by atoms with Crippen LogP contribution in [-0.2, 0) is 19.5 Å². The van der Waals surface area contributed by atoms with Crippen LogP contribution < -0.4 is 4.74 Å². The van der Waals surface area contributed by atoms with Gasteiger partial charge in [-0.2, -0.15) is 0 Å². The number of rotatable bonds is 6. The highest BCUT2D eigenvalue weighted by molar-refractivity contribution is 6.15. The second-order valence-corrected chi connectivity index (χ2v) is 9.47. The van der Waals surface area contributed by atoms with Crippen LogP contribution in [0, 0.1) is 6.92 Å². The molecule has 0 spiro atoms. The molecule has 0 amide bonds. The lowest BCUT2D eigenvalue weighted by Crippen LogP contribution is -2.45. The zero-order valence-corrected chi connectivity index (χ0v) is 20.5. The van der Waals surface area contributed by atoms with Crippen molar-refractivity contribution in [2.24, 2.45) is 0 Å². The molecule has 3 aromatic carbocycles. The van der Waals surface area contributed by atoms with Crippen LogP contribution in [0.3, 0.4) is 0 Å². The van der Waals surface area contributed by atoms with E-state index in [1.165, 1.54) is 11.1 Å². The lowest BCUT2D eigenvalue weighted by molar-refractivity contribution is 0.101. The molecule has 1 N–H and O–H groups in total. The van der Waals surface area contributed by atoms with Crippen molar-refractivity contribution < 1.29 is 14.6 Å². The molecule has 1 fully saturated rings. The van der Waals surface area contributed by atoms with Gasteiger partial charge in [0.2, 0.25) is 5.78 Å². The maximum Gasteiger partial charge on any atom is 0.232 e. The summed E-state index contributed by atoms with van der Waals surface area (Å²) < 4.78 is 6.13. The number of phenols is 1. The lowest BCUT2D eigenvalue weighted by atomic mass is 9.99. The molecule has 0 unspecified atom stereocenters. The second-order valence-electron chi connectivity index (χ2n) is 9.47. The summed E-state index contributed by atoms with van der Waals surface area (Å²) in [7, 11) is 0. The van der Waals surface area contributed by atoms with E-state index in [2.05, 4.69) is 53.1 Å². The summed E-state index contributed by atoms with van der Waals surface area (Å²) >= 11 is 0. The predicted molar refractivity (Wildman–Crippen MR) is 139 cm³/mol. The van der Waals surface area contributed by atoms with E-state index in [0.29, 0.717) is 29.2 Å². The van der Waals surface area contributed by atoms with Crippen LogP contribution >= 0.6 is 0 Å². The number of ketones is 1. The number of phenolic OH excluding ortho intramolecular Hbond substituents is 1. The SMILES string of the molecule is CCc1ccc(/C=C2\Oc3c(CN4CCN(Cc5ccccc5)CC4)c(O)cc(C)c3C2=O)cc1. The summed E-state index contributed by atoms with van der Waals surface area (Å²) in [6.45, 7) is 9.19. The van der Waals surface area contributed by atoms with Gasteiger partial charge < -0.3 is 9.84 Å². The average Bonchev–Trinajstić information content (AvgIpc) is 3.20. The fourth-order valence-electron chi connectivity index (χ4n) is 4.90. The number of hydrogen-bond donors (Lipinski definition) is 1. The third-order valence-corrected chi connectivity index (χ3v) is 7.00. The first-order valence-corrected chi connectivity index (χ1v) is 12.4. The Labute approximate surface area is 207 Å². The van der Waals surface area contributed by atoms with Gasteiger partial charge in [-0.05, 0) is 47.7 Å². The van der Waals surface area contributed by atoms with Gasteiger partial charge in [0.15, 0.2) is 5.76 Å². The van der Waals surface area contributed by atoms with Gasteiger partial charge in [-0.25, -0.2) is 0 Å². The van der Waals surface area contributed by atoms with Crippen LogP contribution in [0.4, 0.5) is 0 Å². The molecule has 2 aliphatic heterocycles. The number of nitrogens with zero attached hydrogens (tertiary/aromatic N) is 2. The van der Waals surface area contributed by atoms with Crippen molar-refractivity contribution in [3.63, 3.8) is 0 Å². The number of carbonyl (C=O) groups is 1. The minimum atomic E-state index is -0.119. The zero-order valence-electron chi connectivity index (χ0n) is 20.5. The van der Waals surface area contributed by atoms with Crippen molar-refractivity contribution in [3.05, 3.63) is 99.8 Å². The highest BCUT2D eigenvalue weighted by atomic mass is 16.5. The molecule has 1 saturated heterocycles. The third-order valence-electron chi connectivity index (χ3n) is 7.00. The fraction of sp³-hybridized carbons (Fsp3) is 0.300. The Bertz CT molecular complexity index is 1240. The Morgan fingerprint density at radius 1 is 0.914 bits per heavy atom. The summed E-state index contributed by atoms with van der Waals surface area (Å²) in [5.74, 6) is 0.892. The quantitative estimate of drug-likeness (QED) is 0.504. The molecule has 0 radical (unpaired) electrons. The number of carbonyl (C=O) groups excluding carboxylic acids is 1. The van der Waals surface area contributed by atoms with Crippen molar-refractivity contribution in [1.82, 2.24) is 9.80 Å². The zero-order chi connectivity index (χ0) is 24.4. The van der Waals surface area contributed by atoms with Crippen LogP contribution in [-0.4, -0.2) is 46.9 Å². The topological polar surface area (TPSA) is 53.0 Å². The summed E-state index contributed by atoms with van der Waals surface area (Å²) in [6.07, 6.45) is 2.77. The number of piperazine rings is 1. The molecule has 5 nitrogen and oxygen atoms in total. The molecule has 3 aromatic rings. The van der Waals surface area contributed by atoms with Crippen LogP contribution in [0.25, 0.3) is 6.08 Å². The van der Waals surface area contributed by atoms with Gasteiger partial charge in [-0.3, -0.25) is 14.6 Å². The first-order valence-electron chi connectivity index (χ1n) is 12.4. The molecule has 0 bridgehead atoms. The van der Waals surface area contributed by atoms with Crippen molar-refractivity contribution in [2.45, 2.75) is 33.4 Å². The highest BCUT2D eigenvalue weighted by Gasteiger charge is 2.34. The highest BCUT2D eigenvalue weighted by Crippen LogP contribution is 2.42. The van der Waals surface area contributed by atoms with Crippen molar-refractivity contribution in [3.8, 4) is 11.5 Å². The second kappa shape index (κ2) is 10.1. The summed E-state index contributed by atoms with van der Waals surface area (Å²) in [6, 6.07) is 20.4. The Hall–Kier alpha value is -3.41. The Kier molecular flexibility index (Phi) is 6.71. The lowest BCUT2D eigenvalue weighted by Gasteiger charge is -2.35. The standard InChI is InChI=1S/C30H32N2O3/c1-3-22-9-11-23(12-10-22)18-27-29(34)28-21(2)17-26(33)25(30(28)35-27)20-32-15-13-31(14-16-32)19-24-7-5-4-6-8-24/h4-12,17-18,33H,3,13-16,19-20H2,1-2H3/b27-18-. The summed E-state index contributed by atoms with van der Waals surface area (Å²) in [4.78, 5) is 18.0. The molecule has 2 aliphatic rings. The Balaban J connectivity index is 1.31. The molecule has 5 heteroatoms. The number of aromatic hydroxyl groups is 1. The number of ether oxygens (including phenoxy) is 1. The van der Waals surface area contributed by atoms with E-state index >= 15 is 0 Å². The minimum Gasteiger partial charge on any atom is -0.507 e. The number of allylic oxidation sites excluding steroid dienone is 1. The Morgan fingerprint density at radius 3 is 2.23 bits per heavy atom. The van der Waals surface area contributed by atoms with Gasteiger partial charge in [0.25, 0.3) is 0 Å². The molecule has 2 heterocycles. The number of hydrogen-bond acceptors (Lipinski definition) is 5. The fourth-order valence-corrected chi connectivity index (χ4v) is 4.90. The largest absolute Gasteiger partial charge is 0.507 e. The van der Waals surface area contributed by atoms with E-state index in [1.807, 2.05) is 25.1 Å². The van der Waals surface area contributed by atoms with E-state index in [-0.39, 0.29) is 11.5 Å². The molecule has 0 aliphatic carbocycles. The van der Waals surface area contributed by atoms with Crippen LogP contribution in [0.2, 0.25) is 0 Å². The molecule has 0 aromatic heterocycles. The predicted octanol–water partition coefficient (Wildman–Crippen LogP) is 5.20. The number of benzene rings is 3. The Morgan fingerprint density at radius 2 is 1.57 bits per heavy atom. The van der Waals surface area contributed by atoms with Gasteiger partial charge >= 0.3 is 0 Å². The maximum atomic E-state index is 13.2. The van der Waals surface area contributed by atoms with Gasteiger partial charge in [0, 0.05) is 39.3 Å². The number of aryl methyl sites for hydroxylation is 2. The van der Waals surface area contributed by atoms with E-state index in [4.69, 9.17) is 4.74 Å². The monoisotopic (exact) mass is 468 g/mol. The summed E-state index contributed by atoms with van der Waals surface area (Å²) in [5, 5.41) is 10.8. The van der Waals surface area contributed by atoms with Crippen molar-refractivity contribution in [2.75, 3.05) is 26.2 Å². The normalized spacial score (nSPS) is 17.5. The smallest absolute Gasteiger partial charge is 0.232 e. The average molecular weight is 469 g/mol. The maximum absolute atomic E-state index is 13.2. The number of Topliss-reactive ketones (excluding diaryl/α,β-unsaturated/α-hetero) is 1. The van der Waals surface area contributed by atoms with E-state index in [9.17, 15) is 9.90 Å². The molecular formula is C30H32N2O3.